The average Bonchev–Trinajstić information content (AvgIpc) is 3.06. The number of fused-ring (bicyclic) bond motifs is 1. The van der Waals surface area contributed by atoms with Crippen LogP contribution >= 0.6 is 0 Å². The summed E-state index contributed by atoms with van der Waals surface area (Å²) in [5.41, 5.74) is 1.73. The smallest absolute Gasteiger partial charge is 0.239 e. The van der Waals surface area contributed by atoms with Crippen molar-refractivity contribution in [3.8, 4) is 17.3 Å². The van der Waals surface area contributed by atoms with E-state index in [1.165, 1.54) is 0 Å². The van der Waals surface area contributed by atoms with E-state index in [-0.39, 0.29) is 18.0 Å². The molecule has 2 heterocycles. The molecule has 32 heavy (non-hydrogen) atoms. The van der Waals surface area contributed by atoms with E-state index in [4.69, 9.17) is 9.72 Å². The van der Waals surface area contributed by atoms with Gasteiger partial charge in [-0.05, 0) is 53.8 Å². The SMILES string of the molecule is CN(C)CCOc1ccnc(-c2nc3c(c(N(C)CC(=O)NC(C)(C)C)n2)CCC3O)c1. The molecule has 2 N–H and O–H groups in total. The number of pyridine rings is 1. The maximum absolute atomic E-state index is 12.5. The van der Waals surface area contributed by atoms with Crippen LogP contribution in [0.2, 0.25) is 0 Å². The summed E-state index contributed by atoms with van der Waals surface area (Å²) in [6.07, 6.45) is 2.26. The summed E-state index contributed by atoms with van der Waals surface area (Å²) in [7, 11) is 5.81. The zero-order valence-corrected chi connectivity index (χ0v) is 19.8. The predicted octanol–water partition coefficient (Wildman–Crippen LogP) is 1.81. The van der Waals surface area contributed by atoms with Crippen LogP contribution in [0.25, 0.3) is 11.5 Å². The fourth-order valence-corrected chi connectivity index (χ4v) is 3.57. The van der Waals surface area contributed by atoms with Crippen molar-refractivity contribution in [1.82, 2.24) is 25.2 Å². The molecule has 1 unspecified atom stereocenters. The van der Waals surface area contributed by atoms with Gasteiger partial charge in [0.05, 0.1) is 18.3 Å². The molecule has 2 aromatic rings. The zero-order chi connectivity index (χ0) is 23.5. The number of nitrogens with one attached hydrogen (secondary N) is 1. The average molecular weight is 443 g/mol. The van der Waals surface area contributed by atoms with Gasteiger partial charge in [-0.1, -0.05) is 0 Å². The molecule has 3 rings (SSSR count). The Kier molecular flexibility index (Phi) is 7.30. The Labute approximate surface area is 189 Å². The highest BCUT2D eigenvalue weighted by Crippen LogP contribution is 2.36. The number of aliphatic hydroxyl groups is 1. The molecule has 0 radical (unpaired) electrons. The molecule has 2 aromatic heterocycles. The molecule has 1 aliphatic carbocycles. The molecule has 1 aliphatic rings. The van der Waals surface area contributed by atoms with E-state index >= 15 is 0 Å². The third-order valence-corrected chi connectivity index (χ3v) is 5.03. The van der Waals surface area contributed by atoms with Crippen LogP contribution in [-0.4, -0.2) is 77.2 Å². The largest absolute Gasteiger partial charge is 0.492 e. The van der Waals surface area contributed by atoms with Gasteiger partial charge >= 0.3 is 0 Å². The van der Waals surface area contributed by atoms with Crippen LogP contribution in [-0.2, 0) is 11.2 Å². The van der Waals surface area contributed by atoms with Gasteiger partial charge < -0.3 is 25.0 Å². The van der Waals surface area contributed by atoms with Gasteiger partial charge in [-0.2, -0.15) is 0 Å². The first-order chi connectivity index (χ1) is 15.0. The minimum absolute atomic E-state index is 0.0955. The highest BCUT2D eigenvalue weighted by molar-refractivity contribution is 5.82. The normalized spacial score (nSPS) is 15.6. The van der Waals surface area contributed by atoms with Crippen molar-refractivity contribution in [2.24, 2.45) is 0 Å². The van der Waals surface area contributed by atoms with Gasteiger partial charge in [0.1, 0.15) is 23.9 Å². The van der Waals surface area contributed by atoms with Crippen LogP contribution in [0.5, 0.6) is 5.75 Å². The van der Waals surface area contributed by atoms with Crippen molar-refractivity contribution in [3.05, 3.63) is 29.6 Å². The maximum Gasteiger partial charge on any atom is 0.239 e. The number of likely N-dealkylation sites (N-methyl/N-ethyl adjacent to an activating group) is 2. The van der Waals surface area contributed by atoms with Crippen LogP contribution in [0.15, 0.2) is 18.3 Å². The number of hydrogen-bond donors (Lipinski definition) is 2. The first-order valence-corrected chi connectivity index (χ1v) is 10.9. The zero-order valence-electron chi connectivity index (χ0n) is 19.8. The third-order valence-electron chi connectivity index (χ3n) is 5.03. The quantitative estimate of drug-likeness (QED) is 0.638. The van der Waals surface area contributed by atoms with Crippen LogP contribution in [0.1, 0.15) is 44.6 Å². The summed E-state index contributed by atoms with van der Waals surface area (Å²) in [6.45, 7) is 7.34. The summed E-state index contributed by atoms with van der Waals surface area (Å²) in [5, 5.41) is 13.5. The Balaban J connectivity index is 1.89. The Morgan fingerprint density at radius 3 is 2.72 bits per heavy atom. The summed E-state index contributed by atoms with van der Waals surface area (Å²) in [4.78, 5) is 30.1. The molecular weight excluding hydrogens is 408 g/mol. The lowest BCUT2D eigenvalue weighted by Gasteiger charge is -2.25. The molecule has 9 heteroatoms. The van der Waals surface area contributed by atoms with Crippen LogP contribution in [0, 0.1) is 0 Å². The van der Waals surface area contributed by atoms with Crippen molar-refractivity contribution in [2.45, 2.75) is 45.3 Å². The number of anilines is 1. The Hall–Kier alpha value is -2.78. The number of carbonyl (C=O) groups excluding carboxylic acids is 1. The van der Waals surface area contributed by atoms with Gasteiger partial charge in [0.25, 0.3) is 0 Å². The van der Waals surface area contributed by atoms with E-state index in [1.807, 2.05) is 46.8 Å². The Morgan fingerprint density at radius 1 is 1.28 bits per heavy atom. The van der Waals surface area contributed by atoms with Crippen molar-refractivity contribution in [3.63, 3.8) is 0 Å². The molecule has 0 saturated carbocycles. The summed E-state index contributed by atoms with van der Waals surface area (Å²) >= 11 is 0. The predicted molar refractivity (Wildman–Crippen MR) is 124 cm³/mol. The van der Waals surface area contributed by atoms with Crippen molar-refractivity contribution in [2.75, 3.05) is 45.7 Å². The van der Waals surface area contributed by atoms with Crippen molar-refractivity contribution >= 4 is 11.7 Å². The molecular formula is C23H34N6O3. The molecule has 0 aliphatic heterocycles. The first kappa shape index (κ1) is 23.9. The van der Waals surface area contributed by atoms with E-state index in [0.29, 0.717) is 48.2 Å². The number of aliphatic hydroxyl groups excluding tert-OH is 1. The van der Waals surface area contributed by atoms with E-state index in [1.54, 1.807) is 23.2 Å². The number of carbonyl (C=O) groups is 1. The number of hydrogen-bond acceptors (Lipinski definition) is 8. The van der Waals surface area contributed by atoms with Gasteiger partial charge in [-0.15, -0.1) is 0 Å². The number of nitrogens with zero attached hydrogens (tertiary/aromatic N) is 5. The minimum Gasteiger partial charge on any atom is -0.492 e. The number of ether oxygens (including phenoxy) is 1. The van der Waals surface area contributed by atoms with E-state index in [2.05, 4.69) is 15.3 Å². The molecule has 174 valence electrons. The highest BCUT2D eigenvalue weighted by Gasteiger charge is 2.29. The molecule has 0 fully saturated rings. The van der Waals surface area contributed by atoms with Gasteiger partial charge in [-0.3, -0.25) is 9.78 Å². The summed E-state index contributed by atoms with van der Waals surface area (Å²) < 4.78 is 5.82. The maximum atomic E-state index is 12.5. The van der Waals surface area contributed by atoms with Gasteiger partial charge in [0.2, 0.25) is 5.91 Å². The fraction of sp³-hybridized carbons (Fsp3) is 0.565. The number of aromatic nitrogens is 3. The Morgan fingerprint density at radius 2 is 2.03 bits per heavy atom. The Bertz CT molecular complexity index is 957. The van der Waals surface area contributed by atoms with Crippen molar-refractivity contribution in [1.29, 1.82) is 0 Å². The molecule has 0 bridgehead atoms. The first-order valence-electron chi connectivity index (χ1n) is 10.9. The number of rotatable bonds is 8. The highest BCUT2D eigenvalue weighted by atomic mass is 16.5. The molecule has 1 amide bonds. The number of amides is 1. The lowest BCUT2D eigenvalue weighted by atomic mass is 10.1. The minimum atomic E-state index is -0.651. The van der Waals surface area contributed by atoms with Crippen LogP contribution in [0.4, 0.5) is 5.82 Å². The second-order valence-electron chi connectivity index (χ2n) is 9.47. The second-order valence-corrected chi connectivity index (χ2v) is 9.47. The summed E-state index contributed by atoms with van der Waals surface area (Å²) in [6, 6.07) is 3.60. The monoisotopic (exact) mass is 442 g/mol. The molecule has 0 aromatic carbocycles. The third kappa shape index (κ3) is 6.14. The lowest BCUT2D eigenvalue weighted by molar-refractivity contribution is -0.121. The topological polar surface area (TPSA) is 104 Å². The van der Waals surface area contributed by atoms with Gasteiger partial charge in [0.15, 0.2) is 5.82 Å². The second kappa shape index (κ2) is 9.79. The van der Waals surface area contributed by atoms with E-state index < -0.39 is 6.10 Å². The fourth-order valence-electron chi connectivity index (χ4n) is 3.57. The van der Waals surface area contributed by atoms with E-state index in [0.717, 1.165) is 12.1 Å². The van der Waals surface area contributed by atoms with Crippen LogP contribution < -0.4 is 15.0 Å². The lowest BCUT2D eigenvalue weighted by Crippen LogP contribution is -2.45. The van der Waals surface area contributed by atoms with E-state index in [9.17, 15) is 9.90 Å². The molecule has 0 saturated heterocycles. The van der Waals surface area contributed by atoms with Gasteiger partial charge in [-0.25, -0.2) is 9.97 Å². The molecule has 9 nitrogen and oxygen atoms in total. The van der Waals surface area contributed by atoms with Crippen molar-refractivity contribution < 1.29 is 14.6 Å². The van der Waals surface area contributed by atoms with Gasteiger partial charge in [0, 0.05) is 37.0 Å². The summed E-state index contributed by atoms with van der Waals surface area (Å²) in [5.74, 6) is 1.63. The van der Waals surface area contributed by atoms with Crippen LogP contribution in [0.3, 0.4) is 0 Å². The molecule has 0 spiro atoms. The standard InChI is InChI=1S/C23H34N6O3/c1-23(2,3)27-19(31)14-29(6)22-16-7-8-18(30)20(16)25-21(26-22)17-13-15(9-10-24-17)32-12-11-28(4)5/h9-10,13,18,30H,7-8,11-12,14H2,1-6H3,(H,27,31). The molecule has 1 atom stereocenters.